The highest BCUT2D eigenvalue weighted by Gasteiger charge is 2.33. The van der Waals surface area contributed by atoms with Crippen molar-refractivity contribution in [1.82, 2.24) is 15.1 Å². The van der Waals surface area contributed by atoms with Gasteiger partial charge in [0, 0.05) is 19.1 Å². The van der Waals surface area contributed by atoms with Crippen molar-refractivity contribution in [3.05, 3.63) is 0 Å². The fourth-order valence-electron chi connectivity index (χ4n) is 2.86. The third kappa shape index (κ3) is 4.16. The molecule has 8 heteroatoms. The molecule has 21 heavy (non-hydrogen) atoms. The molecular formula is C13H23N3O4S. The Hall–Kier alpha value is -1.15. The van der Waals surface area contributed by atoms with E-state index >= 15 is 0 Å². The summed E-state index contributed by atoms with van der Waals surface area (Å²) in [5.74, 6) is -1.26. The first-order chi connectivity index (χ1) is 9.78. The summed E-state index contributed by atoms with van der Waals surface area (Å²) in [5, 5.41) is 2.54. The third-order valence-corrected chi connectivity index (χ3v) is 6.09. The predicted octanol–water partition coefficient (Wildman–Crippen LogP) is -1.16. The van der Waals surface area contributed by atoms with Crippen LogP contribution in [0.5, 0.6) is 0 Å². The van der Waals surface area contributed by atoms with E-state index < -0.39 is 27.7 Å². The molecule has 0 spiro atoms. The first-order valence-corrected chi connectivity index (χ1v) is 9.07. The van der Waals surface area contributed by atoms with Crippen molar-refractivity contribution in [3.8, 4) is 0 Å². The van der Waals surface area contributed by atoms with E-state index in [1.807, 2.05) is 7.05 Å². The number of nitrogens with one attached hydrogen (secondary N) is 1. The highest BCUT2D eigenvalue weighted by atomic mass is 32.2. The molecule has 0 saturated carbocycles. The van der Waals surface area contributed by atoms with Crippen LogP contribution in [0.3, 0.4) is 0 Å². The summed E-state index contributed by atoms with van der Waals surface area (Å²) in [6.45, 7) is 1.82. The molecule has 0 aromatic carbocycles. The maximum atomic E-state index is 12.1. The number of nitrogens with zero attached hydrogens (tertiary/aromatic N) is 2. The quantitative estimate of drug-likeness (QED) is 0.649. The van der Waals surface area contributed by atoms with Gasteiger partial charge in [-0.05, 0) is 39.4 Å². The van der Waals surface area contributed by atoms with Crippen LogP contribution in [0, 0.1) is 0 Å². The lowest BCUT2D eigenvalue weighted by molar-refractivity contribution is -0.147. The molecule has 120 valence electrons. The van der Waals surface area contributed by atoms with Crippen LogP contribution in [-0.4, -0.2) is 80.8 Å². The van der Waals surface area contributed by atoms with Gasteiger partial charge < -0.3 is 15.1 Å². The monoisotopic (exact) mass is 317 g/mol. The highest BCUT2D eigenvalue weighted by molar-refractivity contribution is 7.91. The normalized spacial score (nSPS) is 26.5. The predicted molar refractivity (Wildman–Crippen MR) is 78.5 cm³/mol. The molecule has 0 bridgehead atoms. The summed E-state index contributed by atoms with van der Waals surface area (Å²) in [6, 6.07) is -0.357. The van der Waals surface area contributed by atoms with Crippen molar-refractivity contribution in [2.45, 2.75) is 31.3 Å². The van der Waals surface area contributed by atoms with Gasteiger partial charge in [0.15, 0.2) is 9.84 Å². The zero-order chi connectivity index (χ0) is 15.6. The molecule has 2 saturated heterocycles. The van der Waals surface area contributed by atoms with Gasteiger partial charge in [-0.1, -0.05) is 0 Å². The maximum absolute atomic E-state index is 12.1. The van der Waals surface area contributed by atoms with Crippen molar-refractivity contribution in [3.63, 3.8) is 0 Å². The van der Waals surface area contributed by atoms with Crippen molar-refractivity contribution < 1.29 is 18.0 Å². The summed E-state index contributed by atoms with van der Waals surface area (Å²) in [5.41, 5.74) is 0. The number of amides is 2. The maximum Gasteiger partial charge on any atom is 0.311 e. The van der Waals surface area contributed by atoms with Crippen LogP contribution in [0.1, 0.15) is 19.3 Å². The SMILES string of the molecule is CN1CCC(N(C)C(=O)C(=O)NC2CCS(=O)(=O)C2)CC1. The van der Waals surface area contributed by atoms with E-state index in [9.17, 15) is 18.0 Å². The van der Waals surface area contributed by atoms with Gasteiger partial charge >= 0.3 is 11.8 Å². The van der Waals surface area contributed by atoms with Crippen molar-refractivity contribution in [1.29, 1.82) is 0 Å². The summed E-state index contributed by atoms with van der Waals surface area (Å²) in [7, 11) is 0.616. The number of hydrogen-bond acceptors (Lipinski definition) is 5. The second-order valence-corrected chi connectivity index (χ2v) is 8.25. The minimum atomic E-state index is -3.06. The van der Waals surface area contributed by atoms with Crippen LogP contribution < -0.4 is 5.32 Å². The Labute approximate surface area is 125 Å². The first-order valence-electron chi connectivity index (χ1n) is 7.25. The molecule has 1 atom stereocenters. The van der Waals surface area contributed by atoms with Crippen molar-refractivity contribution in [2.75, 3.05) is 38.7 Å². The fraction of sp³-hybridized carbons (Fsp3) is 0.846. The summed E-state index contributed by atoms with van der Waals surface area (Å²) < 4.78 is 22.7. The van der Waals surface area contributed by atoms with E-state index in [4.69, 9.17) is 0 Å². The topological polar surface area (TPSA) is 86.8 Å². The lowest BCUT2D eigenvalue weighted by Crippen LogP contribution is -2.51. The van der Waals surface area contributed by atoms with Crippen LogP contribution in [0.15, 0.2) is 0 Å². The number of hydrogen-bond donors (Lipinski definition) is 1. The zero-order valence-corrected chi connectivity index (χ0v) is 13.4. The molecule has 2 rings (SSSR count). The molecule has 0 aromatic heterocycles. The van der Waals surface area contributed by atoms with Gasteiger partial charge in [0.05, 0.1) is 11.5 Å². The number of rotatable bonds is 2. The Morgan fingerprint density at radius 2 is 1.81 bits per heavy atom. The Bertz CT molecular complexity index is 512. The minimum Gasteiger partial charge on any atom is -0.344 e. The Morgan fingerprint density at radius 3 is 2.33 bits per heavy atom. The van der Waals surface area contributed by atoms with E-state index in [2.05, 4.69) is 10.2 Å². The van der Waals surface area contributed by atoms with Gasteiger partial charge in [0.25, 0.3) is 0 Å². The molecular weight excluding hydrogens is 294 g/mol. The molecule has 0 radical (unpaired) electrons. The number of piperidine rings is 1. The number of carbonyl (C=O) groups is 2. The number of likely N-dealkylation sites (tertiary alicyclic amines) is 1. The molecule has 0 aliphatic carbocycles. The van der Waals surface area contributed by atoms with Crippen LogP contribution in [0.4, 0.5) is 0 Å². The number of likely N-dealkylation sites (N-methyl/N-ethyl adjacent to an activating group) is 1. The molecule has 7 nitrogen and oxygen atoms in total. The Kier molecular flexibility index (Phi) is 4.88. The van der Waals surface area contributed by atoms with Crippen LogP contribution >= 0.6 is 0 Å². The molecule has 2 aliphatic heterocycles. The van der Waals surface area contributed by atoms with Crippen LogP contribution in [0.25, 0.3) is 0 Å². The van der Waals surface area contributed by atoms with E-state index in [-0.39, 0.29) is 17.5 Å². The average Bonchev–Trinajstić information content (AvgIpc) is 2.77. The summed E-state index contributed by atoms with van der Waals surface area (Å²) in [4.78, 5) is 27.8. The first kappa shape index (κ1) is 16.2. The highest BCUT2D eigenvalue weighted by Crippen LogP contribution is 2.15. The summed E-state index contributed by atoms with van der Waals surface area (Å²) in [6.07, 6.45) is 2.09. The van der Waals surface area contributed by atoms with Gasteiger partial charge in [0.2, 0.25) is 0 Å². The number of carbonyl (C=O) groups excluding carboxylic acids is 2. The van der Waals surface area contributed by atoms with Gasteiger partial charge in [0.1, 0.15) is 0 Å². The van der Waals surface area contributed by atoms with Crippen LogP contribution in [-0.2, 0) is 19.4 Å². The zero-order valence-electron chi connectivity index (χ0n) is 12.5. The second kappa shape index (κ2) is 6.31. The van der Waals surface area contributed by atoms with Gasteiger partial charge in [-0.25, -0.2) is 8.42 Å². The number of sulfone groups is 1. The molecule has 2 fully saturated rings. The smallest absolute Gasteiger partial charge is 0.311 e. The van der Waals surface area contributed by atoms with Crippen molar-refractivity contribution in [2.24, 2.45) is 0 Å². The minimum absolute atomic E-state index is 0.0655. The van der Waals surface area contributed by atoms with E-state index in [1.54, 1.807) is 7.05 Å². The molecule has 2 aliphatic rings. The van der Waals surface area contributed by atoms with Gasteiger partial charge in [-0.15, -0.1) is 0 Å². The Balaban J connectivity index is 1.86. The third-order valence-electron chi connectivity index (χ3n) is 4.32. The second-order valence-electron chi connectivity index (χ2n) is 6.02. The lowest BCUT2D eigenvalue weighted by Gasteiger charge is -2.34. The average molecular weight is 317 g/mol. The van der Waals surface area contributed by atoms with E-state index in [0.717, 1.165) is 25.9 Å². The largest absolute Gasteiger partial charge is 0.344 e. The van der Waals surface area contributed by atoms with E-state index in [1.165, 1.54) is 4.90 Å². The van der Waals surface area contributed by atoms with Crippen molar-refractivity contribution >= 4 is 21.7 Å². The molecule has 2 heterocycles. The van der Waals surface area contributed by atoms with Crippen LogP contribution in [0.2, 0.25) is 0 Å². The van der Waals surface area contributed by atoms with E-state index in [0.29, 0.717) is 6.42 Å². The molecule has 2 amide bonds. The molecule has 1 N–H and O–H groups in total. The summed E-state index contributed by atoms with van der Waals surface area (Å²) >= 11 is 0. The standard InChI is InChI=1S/C13H23N3O4S/c1-15-6-3-11(4-7-15)16(2)13(18)12(17)14-10-5-8-21(19,20)9-10/h10-11H,3-9H2,1-2H3,(H,14,17). The lowest BCUT2D eigenvalue weighted by atomic mass is 10.0. The molecule has 0 aromatic rings. The Morgan fingerprint density at radius 1 is 1.19 bits per heavy atom. The molecule has 1 unspecified atom stereocenters. The fourth-order valence-corrected chi connectivity index (χ4v) is 4.54. The van der Waals surface area contributed by atoms with Gasteiger partial charge in [-0.2, -0.15) is 0 Å². The van der Waals surface area contributed by atoms with Gasteiger partial charge in [-0.3, -0.25) is 9.59 Å².